The highest BCUT2D eigenvalue weighted by atomic mass is 16.6. The SMILES string of the molecule is C[C@H]1C[C@@H](NC(=O)OC(C)(C)C)C2(CCNCC2)C1. The lowest BCUT2D eigenvalue weighted by atomic mass is 9.74. The first-order chi connectivity index (χ1) is 8.81. The molecule has 0 aromatic rings. The second kappa shape index (κ2) is 5.31. The molecule has 0 aromatic carbocycles. The third kappa shape index (κ3) is 3.62. The summed E-state index contributed by atoms with van der Waals surface area (Å²) in [7, 11) is 0. The predicted molar refractivity (Wildman–Crippen MR) is 76.1 cm³/mol. The number of piperidine rings is 1. The van der Waals surface area contributed by atoms with E-state index in [2.05, 4.69) is 17.6 Å². The van der Waals surface area contributed by atoms with Crippen LogP contribution in [0.3, 0.4) is 0 Å². The van der Waals surface area contributed by atoms with Gasteiger partial charge in [-0.15, -0.1) is 0 Å². The van der Waals surface area contributed by atoms with Crippen LogP contribution in [-0.4, -0.2) is 30.8 Å². The summed E-state index contributed by atoms with van der Waals surface area (Å²) in [5.74, 6) is 0.693. The number of hydrogen-bond donors (Lipinski definition) is 2. The Morgan fingerprint density at radius 1 is 1.32 bits per heavy atom. The summed E-state index contributed by atoms with van der Waals surface area (Å²) in [6.45, 7) is 10.2. The molecule has 0 aromatic heterocycles. The van der Waals surface area contributed by atoms with Crippen LogP contribution in [0.2, 0.25) is 0 Å². The fourth-order valence-corrected chi connectivity index (χ4v) is 3.71. The number of ether oxygens (including phenoxy) is 1. The standard InChI is InChI=1S/C15H28N2O2/c1-11-9-12(17-13(18)19-14(2,3)4)15(10-11)5-7-16-8-6-15/h11-12,16H,5-10H2,1-4H3,(H,17,18)/t11-,12+/m0/s1. The number of carbonyl (C=O) groups is 1. The number of alkyl carbamates (subject to hydrolysis) is 1. The van der Waals surface area contributed by atoms with E-state index in [1.165, 1.54) is 6.42 Å². The van der Waals surface area contributed by atoms with Crippen molar-refractivity contribution in [3.63, 3.8) is 0 Å². The summed E-state index contributed by atoms with van der Waals surface area (Å²) in [5, 5.41) is 6.56. The van der Waals surface area contributed by atoms with Crippen molar-refractivity contribution in [2.24, 2.45) is 11.3 Å². The zero-order valence-electron chi connectivity index (χ0n) is 12.7. The van der Waals surface area contributed by atoms with E-state index in [1.54, 1.807) is 0 Å². The van der Waals surface area contributed by atoms with Gasteiger partial charge in [-0.3, -0.25) is 0 Å². The van der Waals surface area contributed by atoms with Gasteiger partial charge < -0.3 is 15.4 Å². The van der Waals surface area contributed by atoms with Crippen molar-refractivity contribution in [3.8, 4) is 0 Å². The van der Waals surface area contributed by atoms with E-state index >= 15 is 0 Å². The molecular weight excluding hydrogens is 240 g/mol. The van der Waals surface area contributed by atoms with Crippen LogP contribution in [-0.2, 0) is 4.74 Å². The van der Waals surface area contributed by atoms with Crippen molar-refractivity contribution in [2.45, 2.75) is 65.0 Å². The van der Waals surface area contributed by atoms with E-state index in [4.69, 9.17) is 4.74 Å². The third-order valence-corrected chi connectivity index (χ3v) is 4.42. The fraction of sp³-hybridized carbons (Fsp3) is 0.933. The van der Waals surface area contributed by atoms with Gasteiger partial charge in [0.05, 0.1) is 0 Å². The molecule has 1 aliphatic carbocycles. The second-order valence-electron chi connectivity index (χ2n) is 7.36. The van der Waals surface area contributed by atoms with Crippen LogP contribution in [0.4, 0.5) is 4.79 Å². The minimum Gasteiger partial charge on any atom is -0.444 e. The summed E-state index contributed by atoms with van der Waals surface area (Å²) >= 11 is 0. The highest BCUT2D eigenvalue weighted by Gasteiger charge is 2.47. The maximum absolute atomic E-state index is 12.0. The highest BCUT2D eigenvalue weighted by Crippen LogP contribution is 2.47. The van der Waals surface area contributed by atoms with E-state index < -0.39 is 5.60 Å². The van der Waals surface area contributed by atoms with Gasteiger partial charge in [-0.1, -0.05) is 6.92 Å². The predicted octanol–water partition coefficient (Wildman–Crippen LogP) is 2.68. The van der Waals surface area contributed by atoms with Crippen LogP contribution < -0.4 is 10.6 Å². The van der Waals surface area contributed by atoms with Crippen LogP contribution in [0, 0.1) is 11.3 Å². The van der Waals surface area contributed by atoms with Gasteiger partial charge >= 0.3 is 6.09 Å². The monoisotopic (exact) mass is 268 g/mol. The molecule has 1 amide bonds. The van der Waals surface area contributed by atoms with E-state index in [9.17, 15) is 4.79 Å². The average Bonchev–Trinajstić information content (AvgIpc) is 2.53. The Hall–Kier alpha value is -0.770. The van der Waals surface area contributed by atoms with Gasteiger partial charge in [0.1, 0.15) is 5.60 Å². The van der Waals surface area contributed by atoms with Crippen molar-refractivity contribution in [2.75, 3.05) is 13.1 Å². The molecule has 0 radical (unpaired) electrons. The molecule has 2 rings (SSSR count). The third-order valence-electron chi connectivity index (χ3n) is 4.42. The van der Waals surface area contributed by atoms with Crippen LogP contribution in [0.25, 0.3) is 0 Å². The molecule has 2 atom stereocenters. The molecule has 2 fully saturated rings. The van der Waals surface area contributed by atoms with E-state index in [0.717, 1.165) is 32.4 Å². The first-order valence-corrected chi connectivity index (χ1v) is 7.51. The van der Waals surface area contributed by atoms with Gasteiger partial charge in [0.15, 0.2) is 0 Å². The number of amides is 1. The lowest BCUT2D eigenvalue weighted by molar-refractivity contribution is 0.0437. The second-order valence-corrected chi connectivity index (χ2v) is 7.36. The summed E-state index contributed by atoms with van der Waals surface area (Å²) < 4.78 is 5.40. The molecule has 0 bridgehead atoms. The van der Waals surface area contributed by atoms with Gasteiger partial charge in [-0.25, -0.2) is 4.79 Å². The molecule has 4 nitrogen and oxygen atoms in total. The Morgan fingerprint density at radius 2 is 1.95 bits per heavy atom. The average molecular weight is 268 g/mol. The Bertz CT molecular complexity index is 330. The van der Waals surface area contributed by atoms with Gasteiger partial charge in [0.2, 0.25) is 0 Å². The smallest absolute Gasteiger partial charge is 0.407 e. The van der Waals surface area contributed by atoms with E-state index in [0.29, 0.717) is 11.3 Å². The van der Waals surface area contributed by atoms with Crippen molar-refractivity contribution in [3.05, 3.63) is 0 Å². The normalized spacial score (nSPS) is 30.3. The minimum absolute atomic E-state index is 0.260. The molecule has 0 unspecified atom stereocenters. The van der Waals surface area contributed by atoms with Crippen LogP contribution >= 0.6 is 0 Å². The molecule has 2 aliphatic rings. The largest absolute Gasteiger partial charge is 0.444 e. The van der Waals surface area contributed by atoms with Gasteiger partial charge in [0.25, 0.3) is 0 Å². The maximum Gasteiger partial charge on any atom is 0.407 e. The Labute approximate surface area is 116 Å². The summed E-state index contributed by atoms with van der Waals surface area (Å²) in [6, 6.07) is 0.277. The Balaban J connectivity index is 1.99. The van der Waals surface area contributed by atoms with Crippen molar-refractivity contribution in [1.29, 1.82) is 0 Å². The molecule has 1 aliphatic heterocycles. The molecule has 1 spiro atoms. The van der Waals surface area contributed by atoms with E-state index in [-0.39, 0.29) is 12.1 Å². The molecule has 2 N–H and O–H groups in total. The van der Waals surface area contributed by atoms with Crippen molar-refractivity contribution in [1.82, 2.24) is 10.6 Å². The fourth-order valence-electron chi connectivity index (χ4n) is 3.71. The van der Waals surface area contributed by atoms with Crippen LogP contribution in [0.15, 0.2) is 0 Å². The van der Waals surface area contributed by atoms with Crippen molar-refractivity contribution < 1.29 is 9.53 Å². The zero-order chi connectivity index (χ0) is 14.1. The first-order valence-electron chi connectivity index (χ1n) is 7.51. The minimum atomic E-state index is -0.421. The number of carbonyl (C=O) groups excluding carboxylic acids is 1. The van der Waals surface area contributed by atoms with Crippen LogP contribution in [0.5, 0.6) is 0 Å². The molecule has 1 saturated carbocycles. The lowest BCUT2D eigenvalue weighted by Gasteiger charge is -2.39. The summed E-state index contributed by atoms with van der Waals surface area (Å²) in [6.07, 6.45) is 4.38. The molecular formula is C15H28N2O2. The van der Waals surface area contributed by atoms with Gasteiger partial charge in [-0.05, 0) is 70.9 Å². The number of rotatable bonds is 1. The van der Waals surface area contributed by atoms with Crippen molar-refractivity contribution >= 4 is 6.09 Å². The van der Waals surface area contributed by atoms with E-state index in [1.807, 2.05) is 20.8 Å². The maximum atomic E-state index is 12.0. The number of hydrogen-bond acceptors (Lipinski definition) is 3. The van der Waals surface area contributed by atoms with Gasteiger partial charge in [-0.2, -0.15) is 0 Å². The van der Waals surface area contributed by atoms with Gasteiger partial charge in [0, 0.05) is 6.04 Å². The molecule has 1 heterocycles. The van der Waals surface area contributed by atoms with Crippen LogP contribution in [0.1, 0.15) is 53.4 Å². The summed E-state index contributed by atoms with van der Waals surface area (Å²) in [4.78, 5) is 12.0. The molecule has 4 heteroatoms. The first kappa shape index (κ1) is 14.6. The highest BCUT2D eigenvalue weighted by molar-refractivity contribution is 5.68. The number of nitrogens with one attached hydrogen (secondary N) is 2. The Kier molecular flexibility index (Phi) is 4.09. The lowest BCUT2D eigenvalue weighted by Crippen LogP contribution is -2.50. The topological polar surface area (TPSA) is 50.4 Å². The molecule has 110 valence electrons. The molecule has 1 saturated heterocycles. The molecule has 19 heavy (non-hydrogen) atoms. The summed E-state index contributed by atoms with van der Waals surface area (Å²) in [5.41, 5.74) is -0.128. The quantitative estimate of drug-likeness (QED) is 0.768. The zero-order valence-corrected chi connectivity index (χ0v) is 12.7. The Morgan fingerprint density at radius 3 is 2.53 bits per heavy atom.